The molecule has 2 nitrogen and oxygen atoms in total. The highest BCUT2D eigenvalue weighted by Crippen LogP contribution is 2.47. The molecule has 0 aromatic rings. The number of allylic oxidation sites excluding steroid dienone is 1. The van der Waals surface area contributed by atoms with Crippen molar-refractivity contribution in [1.82, 2.24) is 0 Å². The smallest absolute Gasteiger partial charge is 0.135 e. The number of ketones is 2. The van der Waals surface area contributed by atoms with Gasteiger partial charge in [0, 0.05) is 11.8 Å². The molecular formula is C14H22O2. The molecule has 0 bridgehead atoms. The second-order valence-corrected chi connectivity index (χ2v) is 5.32. The molecule has 2 heteroatoms. The van der Waals surface area contributed by atoms with Crippen molar-refractivity contribution in [3.8, 4) is 0 Å². The molecule has 90 valence electrons. The van der Waals surface area contributed by atoms with Gasteiger partial charge in [0.05, 0.1) is 0 Å². The Hall–Kier alpha value is -0.920. The Morgan fingerprint density at radius 3 is 2.31 bits per heavy atom. The minimum absolute atomic E-state index is 0.180. The molecule has 1 aliphatic rings. The summed E-state index contributed by atoms with van der Waals surface area (Å²) in [6.45, 7) is 9.28. The largest absolute Gasteiger partial charge is 0.300 e. The van der Waals surface area contributed by atoms with Crippen LogP contribution in [0.1, 0.15) is 52.9 Å². The minimum Gasteiger partial charge on any atom is -0.300 e. The fourth-order valence-corrected chi connectivity index (χ4v) is 2.69. The van der Waals surface area contributed by atoms with Crippen molar-refractivity contribution in [3.63, 3.8) is 0 Å². The van der Waals surface area contributed by atoms with Gasteiger partial charge in [0.2, 0.25) is 0 Å². The molecule has 0 heterocycles. The summed E-state index contributed by atoms with van der Waals surface area (Å²) in [5, 5.41) is 0. The summed E-state index contributed by atoms with van der Waals surface area (Å²) in [5.74, 6) is 0.896. The van der Waals surface area contributed by atoms with Gasteiger partial charge in [0.25, 0.3) is 0 Å². The van der Waals surface area contributed by atoms with E-state index < -0.39 is 0 Å². The van der Waals surface area contributed by atoms with Crippen LogP contribution in [0.15, 0.2) is 12.2 Å². The van der Waals surface area contributed by atoms with Gasteiger partial charge in [-0.25, -0.2) is 0 Å². The van der Waals surface area contributed by atoms with Gasteiger partial charge in [-0.1, -0.05) is 12.2 Å². The normalized spacial score (nSPS) is 29.1. The van der Waals surface area contributed by atoms with Gasteiger partial charge < -0.3 is 4.79 Å². The third kappa shape index (κ3) is 2.81. The maximum atomic E-state index is 11.8. The van der Waals surface area contributed by atoms with E-state index in [-0.39, 0.29) is 17.0 Å². The van der Waals surface area contributed by atoms with Crippen LogP contribution in [0.4, 0.5) is 0 Å². The van der Waals surface area contributed by atoms with Crippen molar-refractivity contribution >= 4 is 11.6 Å². The van der Waals surface area contributed by atoms with Gasteiger partial charge in [-0.3, -0.25) is 4.79 Å². The zero-order valence-corrected chi connectivity index (χ0v) is 10.6. The second kappa shape index (κ2) is 4.94. The molecule has 1 saturated carbocycles. The van der Waals surface area contributed by atoms with E-state index in [1.165, 1.54) is 5.57 Å². The third-order valence-corrected chi connectivity index (χ3v) is 4.01. The van der Waals surface area contributed by atoms with E-state index >= 15 is 0 Å². The molecule has 1 fully saturated rings. The maximum absolute atomic E-state index is 11.8. The number of carbonyl (C=O) groups is 2. The lowest BCUT2D eigenvalue weighted by molar-refractivity contribution is -0.127. The van der Waals surface area contributed by atoms with Crippen LogP contribution in [0.2, 0.25) is 0 Å². The van der Waals surface area contributed by atoms with Crippen molar-refractivity contribution < 1.29 is 9.59 Å². The Kier molecular flexibility index (Phi) is 4.06. The Labute approximate surface area is 98.1 Å². The van der Waals surface area contributed by atoms with E-state index in [4.69, 9.17) is 0 Å². The van der Waals surface area contributed by atoms with Crippen molar-refractivity contribution in [1.29, 1.82) is 0 Å². The van der Waals surface area contributed by atoms with Crippen LogP contribution in [-0.4, -0.2) is 11.6 Å². The lowest BCUT2D eigenvalue weighted by Crippen LogP contribution is -2.27. The zero-order valence-electron chi connectivity index (χ0n) is 10.6. The molecule has 16 heavy (non-hydrogen) atoms. The monoisotopic (exact) mass is 222 g/mol. The molecule has 0 aromatic carbocycles. The number of Topliss-reactive ketones (excluding diaryl/α,β-unsaturated/α-hetero) is 2. The fraction of sp³-hybridized carbons (Fsp3) is 0.714. The lowest BCUT2D eigenvalue weighted by atomic mass is 9.76. The van der Waals surface area contributed by atoms with Crippen molar-refractivity contribution in [2.75, 3.05) is 0 Å². The summed E-state index contributed by atoms with van der Waals surface area (Å²) in [4.78, 5) is 22.9. The van der Waals surface area contributed by atoms with Crippen LogP contribution in [0.25, 0.3) is 0 Å². The quantitative estimate of drug-likeness (QED) is 0.669. The molecule has 1 rings (SSSR count). The standard InChI is InChI=1S/C14H22O2/c1-10(2)13-6-8-14(9-13,12(4)16)7-5-11(3)15/h13H,1,5-9H2,2-4H3/t13-,14+/m1/s1. The van der Waals surface area contributed by atoms with Crippen LogP contribution in [0.3, 0.4) is 0 Å². The number of carbonyl (C=O) groups excluding carboxylic acids is 2. The molecule has 2 atom stereocenters. The van der Waals surface area contributed by atoms with E-state index in [1.54, 1.807) is 13.8 Å². The maximum Gasteiger partial charge on any atom is 0.135 e. The van der Waals surface area contributed by atoms with Crippen LogP contribution < -0.4 is 0 Å². The van der Waals surface area contributed by atoms with E-state index in [0.29, 0.717) is 12.3 Å². The fourth-order valence-electron chi connectivity index (χ4n) is 2.69. The Bertz CT molecular complexity index is 317. The number of hydrogen-bond donors (Lipinski definition) is 0. The summed E-state index contributed by atoms with van der Waals surface area (Å²) in [5.41, 5.74) is 0.931. The van der Waals surface area contributed by atoms with Crippen LogP contribution in [-0.2, 0) is 9.59 Å². The van der Waals surface area contributed by atoms with Crippen LogP contribution in [0, 0.1) is 11.3 Å². The summed E-state index contributed by atoms with van der Waals surface area (Å²) in [7, 11) is 0. The molecule has 0 unspecified atom stereocenters. The molecule has 0 saturated heterocycles. The van der Waals surface area contributed by atoms with Crippen molar-refractivity contribution in [3.05, 3.63) is 12.2 Å². The van der Waals surface area contributed by atoms with Crippen LogP contribution >= 0.6 is 0 Å². The SMILES string of the molecule is C=C(C)[C@@H]1CC[C@](CCC(C)=O)(C(C)=O)C1. The van der Waals surface area contributed by atoms with Gasteiger partial charge in [0.15, 0.2) is 0 Å². The average Bonchev–Trinajstić information content (AvgIpc) is 2.60. The van der Waals surface area contributed by atoms with Gasteiger partial charge in [-0.05, 0) is 52.4 Å². The molecule has 1 aliphatic carbocycles. The zero-order chi connectivity index (χ0) is 12.3. The first-order valence-corrected chi connectivity index (χ1v) is 6.03. The van der Waals surface area contributed by atoms with E-state index in [2.05, 4.69) is 6.58 Å². The summed E-state index contributed by atoms with van der Waals surface area (Å²) >= 11 is 0. The number of hydrogen-bond acceptors (Lipinski definition) is 2. The molecule has 0 radical (unpaired) electrons. The van der Waals surface area contributed by atoms with E-state index in [0.717, 1.165) is 25.7 Å². The van der Waals surface area contributed by atoms with Gasteiger partial charge in [0.1, 0.15) is 11.6 Å². The highest BCUT2D eigenvalue weighted by Gasteiger charge is 2.42. The number of rotatable bonds is 5. The van der Waals surface area contributed by atoms with Gasteiger partial charge >= 0.3 is 0 Å². The Balaban J connectivity index is 2.72. The summed E-state index contributed by atoms with van der Waals surface area (Å²) in [6, 6.07) is 0. The van der Waals surface area contributed by atoms with E-state index in [9.17, 15) is 9.59 Å². The average molecular weight is 222 g/mol. The first-order chi connectivity index (χ1) is 7.37. The predicted octanol–water partition coefficient (Wildman–Crippen LogP) is 3.31. The molecule has 0 aromatic heterocycles. The molecular weight excluding hydrogens is 200 g/mol. The van der Waals surface area contributed by atoms with Crippen molar-refractivity contribution in [2.24, 2.45) is 11.3 Å². The van der Waals surface area contributed by atoms with Crippen molar-refractivity contribution in [2.45, 2.75) is 52.9 Å². The molecule has 0 aliphatic heterocycles. The summed E-state index contributed by atoms with van der Waals surface area (Å²) < 4.78 is 0. The second-order valence-electron chi connectivity index (χ2n) is 5.32. The molecule has 0 spiro atoms. The third-order valence-electron chi connectivity index (χ3n) is 4.01. The Morgan fingerprint density at radius 2 is 1.94 bits per heavy atom. The molecule has 0 N–H and O–H groups in total. The summed E-state index contributed by atoms with van der Waals surface area (Å²) in [6.07, 6.45) is 4.12. The predicted molar refractivity (Wildman–Crippen MR) is 65.2 cm³/mol. The topological polar surface area (TPSA) is 34.1 Å². The first kappa shape index (κ1) is 13.1. The van der Waals surface area contributed by atoms with Gasteiger partial charge in [-0.15, -0.1) is 0 Å². The van der Waals surface area contributed by atoms with Crippen LogP contribution in [0.5, 0.6) is 0 Å². The minimum atomic E-state index is -0.241. The first-order valence-electron chi connectivity index (χ1n) is 6.03. The Morgan fingerprint density at radius 1 is 1.31 bits per heavy atom. The molecule has 0 amide bonds. The highest BCUT2D eigenvalue weighted by molar-refractivity contribution is 5.84. The van der Waals surface area contributed by atoms with E-state index in [1.807, 2.05) is 6.92 Å². The highest BCUT2D eigenvalue weighted by atomic mass is 16.1. The van der Waals surface area contributed by atoms with Gasteiger partial charge in [-0.2, -0.15) is 0 Å². The lowest BCUT2D eigenvalue weighted by Gasteiger charge is -2.26.